The Bertz CT molecular complexity index is 216. The molecule has 4 nitrogen and oxygen atoms in total. The molecule has 0 aliphatic carbocycles. The summed E-state index contributed by atoms with van der Waals surface area (Å²) in [6.45, 7) is 9.78. The Balaban J connectivity index is 4.33. The molecule has 0 bridgehead atoms. The molecule has 0 heterocycles. The van der Waals surface area contributed by atoms with Gasteiger partial charge in [-0.15, -0.1) is 0 Å². The number of rotatable bonds is 5. The van der Waals surface area contributed by atoms with E-state index in [9.17, 15) is 9.59 Å². The first-order chi connectivity index (χ1) is 6.90. The van der Waals surface area contributed by atoms with Crippen molar-refractivity contribution < 1.29 is 14.3 Å². The molecule has 0 radical (unpaired) electrons. The average Bonchev–Trinajstić information content (AvgIpc) is 2.01. The fourth-order valence-corrected chi connectivity index (χ4v) is 1.60. The first-order valence-electron chi connectivity index (χ1n) is 5.36. The molecule has 0 spiro atoms. The maximum atomic E-state index is 11.7. The van der Waals surface area contributed by atoms with Gasteiger partial charge in [0.2, 0.25) is 5.91 Å². The highest BCUT2D eigenvalue weighted by Crippen LogP contribution is 2.07. The van der Waals surface area contributed by atoms with Crippen molar-refractivity contribution >= 4 is 11.9 Å². The van der Waals surface area contributed by atoms with Crippen molar-refractivity contribution in [2.75, 3.05) is 6.61 Å². The van der Waals surface area contributed by atoms with Crippen molar-refractivity contribution in [2.24, 2.45) is 0 Å². The second-order valence-electron chi connectivity index (χ2n) is 3.97. The first-order valence-corrected chi connectivity index (χ1v) is 5.36. The van der Waals surface area contributed by atoms with Crippen LogP contribution in [-0.4, -0.2) is 35.5 Å². The minimum atomic E-state index is -0.450. The van der Waals surface area contributed by atoms with Gasteiger partial charge in [0, 0.05) is 12.1 Å². The van der Waals surface area contributed by atoms with Crippen LogP contribution in [0.4, 0.5) is 0 Å². The Morgan fingerprint density at radius 1 is 1.13 bits per heavy atom. The number of esters is 1. The fraction of sp³-hybridized carbons (Fsp3) is 0.818. The van der Waals surface area contributed by atoms with Crippen LogP contribution in [-0.2, 0) is 14.3 Å². The second-order valence-corrected chi connectivity index (χ2v) is 3.97. The normalized spacial score (nSPS) is 10.6. The lowest BCUT2D eigenvalue weighted by Crippen LogP contribution is -2.42. The van der Waals surface area contributed by atoms with Crippen molar-refractivity contribution in [3.8, 4) is 0 Å². The van der Waals surface area contributed by atoms with Crippen LogP contribution in [0.25, 0.3) is 0 Å². The highest BCUT2D eigenvalue weighted by atomic mass is 16.5. The first kappa shape index (κ1) is 13.9. The van der Waals surface area contributed by atoms with Crippen LogP contribution >= 0.6 is 0 Å². The van der Waals surface area contributed by atoms with Gasteiger partial charge in [-0.05, 0) is 34.6 Å². The van der Waals surface area contributed by atoms with E-state index < -0.39 is 5.97 Å². The molecule has 0 fully saturated rings. The zero-order valence-electron chi connectivity index (χ0n) is 10.2. The van der Waals surface area contributed by atoms with Crippen molar-refractivity contribution in [1.29, 1.82) is 0 Å². The maximum Gasteiger partial charge on any atom is 0.315 e. The number of carbonyl (C=O) groups excluding carboxylic acids is 2. The molecule has 88 valence electrons. The highest BCUT2D eigenvalue weighted by Gasteiger charge is 2.22. The van der Waals surface area contributed by atoms with E-state index in [2.05, 4.69) is 0 Å². The number of hydrogen-bond acceptors (Lipinski definition) is 3. The molecule has 0 aromatic carbocycles. The molecule has 4 heteroatoms. The number of amides is 1. The minimum absolute atomic E-state index is 0.104. The fourth-order valence-electron chi connectivity index (χ4n) is 1.60. The predicted octanol–water partition coefficient (Wildman–Crippen LogP) is 1.58. The van der Waals surface area contributed by atoms with Crippen LogP contribution in [0.1, 0.15) is 41.0 Å². The van der Waals surface area contributed by atoms with Crippen molar-refractivity contribution in [3.63, 3.8) is 0 Å². The van der Waals surface area contributed by atoms with E-state index >= 15 is 0 Å². The van der Waals surface area contributed by atoms with Gasteiger partial charge in [-0.1, -0.05) is 0 Å². The van der Waals surface area contributed by atoms with Crippen LogP contribution < -0.4 is 0 Å². The van der Waals surface area contributed by atoms with Gasteiger partial charge in [-0.25, -0.2) is 0 Å². The van der Waals surface area contributed by atoms with E-state index in [4.69, 9.17) is 4.74 Å². The smallest absolute Gasteiger partial charge is 0.315 e. The average molecular weight is 215 g/mol. The number of nitrogens with zero attached hydrogens (tertiary/aromatic N) is 1. The number of ether oxygens (including phenoxy) is 1. The molecular formula is C11H21NO3. The molecule has 0 rings (SSSR count). The van der Waals surface area contributed by atoms with Crippen molar-refractivity contribution in [2.45, 2.75) is 53.1 Å². The summed E-state index contributed by atoms with van der Waals surface area (Å²) in [6, 6.07) is 0.207. The zero-order chi connectivity index (χ0) is 12.0. The second kappa shape index (κ2) is 6.43. The molecule has 0 aromatic rings. The third kappa shape index (κ3) is 4.81. The Hall–Kier alpha value is -1.06. The van der Waals surface area contributed by atoms with E-state index in [-0.39, 0.29) is 24.4 Å². The predicted molar refractivity (Wildman–Crippen MR) is 58.4 cm³/mol. The Kier molecular flexibility index (Phi) is 5.97. The highest BCUT2D eigenvalue weighted by molar-refractivity contribution is 5.94. The number of hydrogen-bond donors (Lipinski definition) is 0. The third-order valence-electron chi connectivity index (χ3n) is 2.00. The van der Waals surface area contributed by atoms with Crippen LogP contribution in [0.5, 0.6) is 0 Å². The SMILES string of the molecule is CCOC(=O)CC(=O)N(C(C)C)C(C)C. The molecule has 0 aliphatic heterocycles. The molecule has 0 unspecified atom stereocenters. The topological polar surface area (TPSA) is 46.6 Å². The van der Waals surface area contributed by atoms with Gasteiger partial charge < -0.3 is 9.64 Å². The standard InChI is InChI=1S/C11H21NO3/c1-6-15-11(14)7-10(13)12(8(2)3)9(4)5/h8-9H,6-7H2,1-5H3. The Morgan fingerprint density at radius 3 is 1.93 bits per heavy atom. The molecule has 1 amide bonds. The molecule has 15 heavy (non-hydrogen) atoms. The van der Waals surface area contributed by atoms with Crippen molar-refractivity contribution in [1.82, 2.24) is 4.90 Å². The summed E-state index contributed by atoms with van der Waals surface area (Å²) in [5.41, 5.74) is 0. The van der Waals surface area contributed by atoms with Gasteiger partial charge in [0.1, 0.15) is 6.42 Å². The van der Waals surface area contributed by atoms with E-state index in [1.54, 1.807) is 11.8 Å². The van der Waals surface area contributed by atoms with E-state index in [1.165, 1.54) is 0 Å². The summed E-state index contributed by atoms with van der Waals surface area (Å²) in [5, 5.41) is 0. The molecule has 0 atom stereocenters. The zero-order valence-corrected chi connectivity index (χ0v) is 10.2. The Morgan fingerprint density at radius 2 is 1.60 bits per heavy atom. The summed E-state index contributed by atoms with van der Waals surface area (Å²) in [5.74, 6) is -0.618. The van der Waals surface area contributed by atoms with Gasteiger partial charge in [-0.3, -0.25) is 9.59 Å². The van der Waals surface area contributed by atoms with Gasteiger partial charge in [0.25, 0.3) is 0 Å². The monoisotopic (exact) mass is 215 g/mol. The maximum absolute atomic E-state index is 11.7. The minimum Gasteiger partial charge on any atom is -0.466 e. The van der Waals surface area contributed by atoms with E-state index in [0.717, 1.165) is 0 Å². The molecular weight excluding hydrogens is 194 g/mol. The number of carbonyl (C=O) groups is 2. The van der Waals surface area contributed by atoms with Crippen LogP contribution in [0, 0.1) is 0 Å². The van der Waals surface area contributed by atoms with Crippen LogP contribution in [0.2, 0.25) is 0 Å². The summed E-state index contributed by atoms with van der Waals surface area (Å²) in [4.78, 5) is 24.6. The molecule has 0 N–H and O–H groups in total. The lowest BCUT2D eigenvalue weighted by Gasteiger charge is -2.30. The molecule has 0 saturated carbocycles. The summed E-state index contributed by atoms with van der Waals surface area (Å²) < 4.78 is 4.74. The van der Waals surface area contributed by atoms with Crippen LogP contribution in [0.15, 0.2) is 0 Å². The Labute approximate surface area is 91.6 Å². The largest absolute Gasteiger partial charge is 0.466 e. The van der Waals surface area contributed by atoms with Crippen LogP contribution in [0.3, 0.4) is 0 Å². The quantitative estimate of drug-likeness (QED) is 0.517. The molecule has 0 saturated heterocycles. The van der Waals surface area contributed by atoms with Crippen molar-refractivity contribution in [3.05, 3.63) is 0 Å². The lowest BCUT2D eigenvalue weighted by atomic mass is 10.2. The van der Waals surface area contributed by atoms with Gasteiger partial charge >= 0.3 is 5.97 Å². The molecule has 0 aromatic heterocycles. The van der Waals surface area contributed by atoms with E-state index in [0.29, 0.717) is 6.61 Å². The summed E-state index contributed by atoms with van der Waals surface area (Å²) >= 11 is 0. The van der Waals surface area contributed by atoms with Gasteiger partial charge in [0.05, 0.1) is 6.61 Å². The molecule has 0 aliphatic rings. The third-order valence-corrected chi connectivity index (χ3v) is 2.00. The van der Waals surface area contributed by atoms with E-state index in [1.807, 2.05) is 27.7 Å². The lowest BCUT2D eigenvalue weighted by molar-refractivity contribution is -0.149. The summed E-state index contributed by atoms with van der Waals surface area (Å²) in [7, 11) is 0. The van der Waals surface area contributed by atoms with Gasteiger partial charge in [0.15, 0.2) is 0 Å². The summed E-state index contributed by atoms with van der Waals surface area (Å²) in [6.07, 6.45) is -0.163. The van der Waals surface area contributed by atoms with Gasteiger partial charge in [-0.2, -0.15) is 0 Å².